The molecule has 0 bridgehead atoms. The van der Waals surface area contributed by atoms with Gasteiger partial charge in [0, 0.05) is 30.1 Å². The number of amides is 1. The molecule has 1 saturated heterocycles. The summed E-state index contributed by atoms with van der Waals surface area (Å²) in [5, 5.41) is 20.7. The van der Waals surface area contributed by atoms with Crippen LogP contribution in [0.2, 0.25) is 5.28 Å². The first-order valence-corrected chi connectivity index (χ1v) is 13.4. The van der Waals surface area contributed by atoms with Crippen LogP contribution in [0.3, 0.4) is 0 Å². The number of anilines is 1. The van der Waals surface area contributed by atoms with Gasteiger partial charge in [-0.1, -0.05) is 36.4 Å². The van der Waals surface area contributed by atoms with Crippen LogP contribution in [-0.4, -0.2) is 44.1 Å². The first-order valence-electron chi connectivity index (χ1n) is 13.0. The summed E-state index contributed by atoms with van der Waals surface area (Å²) in [4.78, 5) is 26.3. The van der Waals surface area contributed by atoms with Crippen LogP contribution in [0.4, 0.5) is 5.69 Å². The van der Waals surface area contributed by atoms with Gasteiger partial charge in [-0.2, -0.15) is 0 Å². The fourth-order valence-electron chi connectivity index (χ4n) is 4.93. The topological polar surface area (TPSA) is 89.8 Å². The Morgan fingerprint density at radius 1 is 0.923 bits per heavy atom. The first kappa shape index (κ1) is 26.7. The van der Waals surface area contributed by atoms with Crippen LogP contribution in [0.25, 0.3) is 11.3 Å². The van der Waals surface area contributed by atoms with Gasteiger partial charge in [0.15, 0.2) is 0 Å². The highest BCUT2D eigenvalue weighted by Crippen LogP contribution is 2.31. The van der Waals surface area contributed by atoms with Crippen LogP contribution in [0.15, 0.2) is 66.9 Å². The van der Waals surface area contributed by atoms with Crippen LogP contribution < -0.4 is 4.90 Å². The average molecular weight is 543 g/mol. The highest BCUT2D eigenvalue weighted by atomic mass is 35.5. The lowest BCUT2D eigenvalue weighted by Gasteiger charge is -2.24. The SMILES string of the molecule is Cc1cc(C(=O)N(Cc2ccc(CN3CCCC3)cc2)c2ccc(-c3nc(Cl)ncc3C)cc2)c(O)cc1O. The van der Waals surface area contributed by atoms with Crippen LogP contribution >= 0.6 is 11.6 Å². The van der Waals surface area contributed by atoms with E-state index in [1.807, 2.05) is 43.3 Å². The Hall–Kier alpha value is -3.94. The molecular formula is C31H31ClN4O3. The molecule has 1 aromatic heterocycles. The number of hydrogen-bond donors (Lipinski definition) is 2. The highest BCUT2D eigenvalue weighted by Gasteiger charge is 2.23. The second kappa shape index (κ2) is 11.4. The van der Waals surface area contributed by atoms with E-state index >= 15 is 0 Å². The second-order valence-electron chi connectivity index (χ2n) is 10.1. The van der Waals surface area contributed by atoms with Crippen molar-refractivity contribution in [1.29, 1.82) is 0 Å². The lowest BCUT2D eigenvalue weighted by Crippen LogP contribution is -2.30. The molecule has 8 heteroatoms. The van der Waals surface area contributed by atoms with Gasteiger partial charge in [0.1, 0.15) is 11.5 Å². The Labute approximate surface area is 233 Å². The second-order valence-corrected chi connectivity index (χ2v) is 10.4. The number of phenols is 2. The van der Waals surface area contributed by atoms with Crippen molar-refractivity contribution in [2.75, 3.05) is 18.0 Å². The summed E-state index contributed by atoms with van der Waals surface area (Å²) in [5.41, 5.74) is 5.96. The predicted molar refractivity (Wildman–Crippen MR) is 153 cm³/mol. The van der Waals surface area contributed by atoms with Crippen molar-refractivity contribution in [2.45, 2.75) is 39.8 Å². The van der Waals surface area contributed by atoms with E-state index in [4.69, 9.17) is 11.6 Å². The van der Waals surface area contributed by atoms with Crippen molar-refractivity contribution < 1.29 is 15.0 Å². The van der Waals surface area contributed by atoms with Gasteiger partial charge in [0.2, 0.25) is 5.28 Å². The zero-order valence-electron chi connectivity index (χ0n) is 22.1. The number of rotatable bonds is 7. The van der Waals surface area contributed by atoms with Crippen LogP contribution in [0.1, 0.15) is 45.5 Å². The molecule has 0 saturated carbocycles. The Kier molecular flexibility index (Phi) is 7.82. The molecule has 0 atom stereocenters. The van der Waals surface area contributed by atoms with Crippen molar-refractivity contribution in [3.05, 3.63) is 100.0 Å². The summed E-state index contributed by atoms with van der Waals surface area (Å²) in [7, 11) is 0. The van der Waals surface area contributed by atoms with E-state index in [0.29, 0.717) is 17.8 Å². The summed E-state index contributed by atoms with van der Waals surface area (Å²) < 4.78 is 0. The fourth-order valence-corrected chi connectivity index (χ4v) is 5.06. The Morgan fingerprint density at radius 3 is 2.28 bits per heavy atom. The molecule has 0 spiro atoms. The molecule has 1 fully saturated rings. The predicted octanol–water partition coefficient (Wildman–Crippen LogP) is 6.27. The van der Waals surface area contributed by atoms with Gasteiger partial charge in [0.05, 0.1) is 17.8 Å². The molecule has 5 rings (SSSR count). The van der Waals surface area contributed by atoms with Gasteiger partial charge in [-0.15, -0.1) is 0 Å². The normalized spacial score (nSPS) is 13.5. The molecule has 39 heavy (non-hydrogen) atoms. The quantitative estimate of drug-likeness (QED) is 0.268. The minimum atomic E-state index is -0.370. The molecule has 2 heterocycles. The molecule has 1 aliphatic heterocycles. The molecule has 0 radical (unpaired) electrons. The third-order valence-electron chi connectivity index (χ3n) is 7.15. The number of benzene rings is 3. The van der Waals surface area contributed by atoms with Crippen molar-refractivity contribution in [3.63, 3.8) is 0 Å². The smallest absolute Gasteiger partial charge is 0.262 e. The van der Waals surface area contributed by atoms with E-state index in [1.165, 1.54) is 30.5 Å². The minimum Gasteiger partial charge on any atom is -0.508 e. The van der Waals surface area contributed by atoms with Gasteiger partial charge in [-0.05, 0) is 91.8 Å². The van der Waals surface area contributed by atoms with Crippen LogP contribution in [-0.2, 0) is 13.1 Å². The van der Waals surface area contributed by atoms with E-state index in [9.17, 15) is 15.0 Å². The van der Waals surface area contributed by atoms with Gasteiger partial charge >= 0.3 is 0 Å². The fraction of sp³-hybridized carbons (Fsp3) is 0.258. The Bertz CT molecular complexity index is 1480. The number of phenolic OH excluding ortho intramolecular Hbond substituents is 2. The molecule has 4 aromatic rings. The maximum atomic E-state index is 13.8. The number of nitrogens with zero attached hydrogens (tertiary/aromatic N) is 4. The number of hydrogen-bond acceptors (Lipinski definition) is 6. The van der Waals surface area contributed by atoms with E-state index in [-0.39, 0.29) is 28.3 Å². The van der Waals surface area contributed by atoms with Gasteiger partial charge in [0.25, 0.3) is 5.91 Å². The third-order valence-corrected chi connectivity index (χ3v) is 7.34. The van der Waals surface area contributed by atoms with Gasteiger partial charge in [-0.25, -0.2) is 9.97 Å². The molecule has 7 nitrogen and oxygen atoms in total. The molecule has 0 unspecified atom stereocenters. The van der Waals surface area contributed by atoms with Crippen molar-refractivity contribution in [2.24, 2.45) is 0 Å². The number of likely N-dealkylation sites (tertiary alicyclic amines) is 1. The number of carbonyl (C=O) groups excluding carboxylic acids is 1. The maximum Gasteiger partial charge on any atom is 0.262 e. The zero-order chi connectivity index (χ0) is 27.5. The number of halogens is 1. The van der Waals surface area contributed by atoms with Crippen LogP contribution in [0, 0.1) is 13.8 Å². The van der Waals surface area contributed by atoms with Crippen molar-refractivity contribution in [1.82, 2.24) is 14.9 Å². The lowest BCUT2D eigenvalue weighted by molar-refractivity contribution is 0.0982. The zero-order valence-corrected chi connectivity index (χ0v) is 22.8. The Balaban J connectivity index is 1.46. The number of aromatic hydroxyl groups is 2. The van der Waals surface area contributed by atoms with Gasteiger partial charge < -0.3 is 15.1 Å². The monoisotopic (exact) mass is 542 g/mol. The summed E-state index contributed by atoms with van der Waals surface area (Å²) in [6.07, 6.45) is 4.18. The molecule has 1 aliphatic rings. The standard InChI is InChI=1S/C31H31ClN4O3/c1-20-15-26(28(38)16-27(20)37)30(39)36(19-23-7-5-22(6-8-23)18-35-13-3-4-14-35)25-11-9-24(10-12-25)29-21(2)17-33-31(32)34-29/h5-12,15-17,37-38H,3-4,13-14,18-19H2,1-2H3. The van der Waals surface area contributed by atoms with E-state index in [0.717, 1.165) is 42.0 Å². The van der Waals surface area contributed by atoms with E-state index in [1.54, 1.807) is 18.0 Å². The number of carbonyl (C=O) groups is 1. The maximum absolute atomic E-state index is 13.8. The minimum absolute atomic E-state index is 0.0626. The number of aryl methyl sites for hydroxylation is 2. The lowest BCUT2D eigenvalue weighted by atomic mass is 10.0. The van der Waals surface area contributed by atoms with Crippen molar-refractivity contribution in [3.8, 4) is 22.8 Å². The highest BCUT2D eigenvalue weighted by molar-refractivity contribution is 6.28. The van der Waals surface area contributed by atoms with Crippen LogP contribution in [0.5, 0.6) is 11.5 Å². The largest absolute Gasteiger partial charge is 0.508 e. The average Bonchev–Trinajstić information content (AvgIpc) is 3.44. The number of aromatic nitrogens is 2. The molecule has 200 valence electrons. The molecule has 0 aliphatic carbocycles. The summed E-state index contributed by atoms with van der Waals surface area (Å²) >= 11 is 6.03. The summed E-state index contributed by atoms with van der Waals surface area (Å²) in [5.74, 6) is -0.699. The Morgan fingerprint density at radius 2 is 1.59 bits per heavy atom. The first-order chi connectivity index (χ1) is 18.8. The summed E-state index contributed by atoms with van der Waals surface area (Å²) in [6.45, 7) is 7.11. The molecule has 1 amide bonds. The molecule has 3 aromatic carbocycles. The third kappa shape index (κ3) is 6.05. The van der Waals surface area contributed by atoms with E-state index in [2.05, 4.69) is 27.0 Å². The van der Waals surface area contributed by atoms with Crippen molar-refractivity contribution >= 4 is 23.2 Å². The van der Waals surface area contributed by atoms with Gasteiger partial charge in [-0.3, -0.25) is 9.69 Å². The molecule has 2 N–H and O–H groups in total. The summed E-state index contributed by atoms with van der Waals surface area (Å²) in [6, 6.07) is 18.5. The van der Waals surface area contributed by atoms with E-state index < -0.39 is 0 Å². The molecular weight excluding hydrogens is 512 g/mol.